The molecule has 0 spiro atoms. The van der Waals surface area contributed by atoms with Gasteiger partial charge in [0, 0.05) is 0 Å². The van der Waals surface area contributed by atoms with E-state index in [4.69, 9.17) is 9.47 Å². The van der Waals surface area contributed by atoms with Crippen LogP contribution >= 0.6 is 0 Å². The Morgan fingerprint density at radius 2 is 1.29 bits per heavy atom. The van der Waals surface area contributed by atoms with E-state index in [1.165, 1.54) is 0 Å². The molecule has 2 aromatic carbocycles. The van der Waals surface area contributed by atoms with E-state index in [0.717, 1.165) is 19.8 Å². The van der Waals surface area contributed by atoms with E-state index in [-0.39, 0.29) is 0 Å². The molecule has 6 nitrogen and oxygen atoms in total. The van der Waals surface area contributed by atoms with Gasteiger partial charge in [0.05, 0.1) is 0 Å². The molecular weight excluding hydrogens is 489 g/mol. The third-order valence-electron chi connectivity index (χ3n) is 5.58. The van der Waals surface area contributed by atoms with Gasteiger partial charge in [-0.2, -0.15) is 0 Å². The molecule has 1 unspecified atom stereocenters. The molecule has 1 atom stereocenters. The second-order valence-electron chi connectivity index (χ2n) is 7.68. The molecule has 0 N–H and O–H groups in total. The zero-order chi connectivity index (χ0) is 23.0. The topological polar surface area (TPSA) is 74.2 Å². The first-order valence-corrected chi connectivity index (χ1v) is 14.3. The van der Waals surface area contributed by atoms with E-state index in [1.807, 2.05) is 72.8 Å². The summed E-state index contributed by atoms with van der Waals surface area (Å²) in [5.74, 6) is 1.73. The Balaban J connectivity index is 1.37. The molecule has 164 valence electrons. The van der Waals surface area contributed by atoms with Gasteiger partial charge in [0.15, 0.2) is 0 Å². The van der Waals surface area contributed by atoms with Crippen molar-refractivity contribution in [2.45, 2.75) is 0 Å². The Labute approximate surface area is 198 Å². The molecule has 1 aliphatic heterocycles. The fourth-order valence-electron chi connectivity index (χ4n) is 4.10. The first-order chi connectivity index (χ1) is 16.7. The Morgan fingerprint density at radius 3 is 2.09 bits per heavy atom. The molecule has 0 saturated heterocycles. The molecule has 1 aliphatic rings. The number of aromatic nitrogens is 3. The number of hydrogen-bond donors (Lipinski definition) is 0. The molecule has 0 radical (unpaired) electrons. The van der Waals surface area contributed by atoms with Crippen LogP contribution < -0.4 is 22.7 Å². The molecule has 4 heterocycles. The van der Waals surface area contributed by atoms with Crippen molar-refractivity contribution in [3.8, 4) is 34.5 Å². The zero-order valence-electron chi connectivity index (χ0n) is 17.9. The van der Waals surface area contributed by atoms with Crippen molar-refractivity contribution < 1.29 is 13.2 Å². The maximum absolute atomic E-state index is 14.6. The second kappa shape index (κ2) is 8.32. The van der Waals surface area contributed by atoms with Crippen molar-refractivity contribution in [2.75, 3.05) is 0 Å². The van der Waals surface area contributed by atoms with Gasteiger partial charge in [0.25, 0.3) is 0 Å². The summed E-state index contributed by atoms with van der Waals surface area (Å²) in [5, 5.41) is 0. The number of benzene rings is 2. The number of rotatable bonds is 5. The Bertz CT molecular complexity index is 1540. The third kappa shape index (κ3) is 3.49. The van der Waals surface area contributed by atoms with Crippen LogP contribution in [0.3, 0.4) is 0 Å². The number of ether oxygens (including phenoxy) is 2. The van der Waals surface area contributed by atoms with E-state index in [2.05, 4.69) is 15.0 Å². The summed E-state index contributed by atoms with van der Waals surface area (Å²) in [5.41, 5.74) is 1.94. The van der Waals surface area contributed by atoms with Gasteiger partial charge >= 0.3 is 199 Å². The molecule has 0 bridgehead atoms. The zero-order valence-corrected chi connectivity index (χ0v) is 19.8. The van der Waals surface area contributed by atoms with Crippen LogP contribution in [0.25, 0.3) is 11.1 Å². The minimum atomic E-state index is -3.95. The predicted molar refractivity (Wildman–Crippen MR) is 130 cm³/mol. The van der Waals surface area contributed by atoms with Crippen LogP contribution in [0, 0.1) is 0 Å². The van der Waals surface area contributed by atoms with Crippen LogP contribution in [0.5, 0.6) is 23.4 Å². The van der Waals surface area contributed by atoms with Gasteiger partial charge in [0.2, 0.25) is 0 Å². The van der Waals surface area contributed by atoms with E-state index < -0.39 is 13.5 Å². The van der Waals surface area contributed by atoms with Crippen LogP contribution in [0.1, 0.15) is 0 Å². The summed E-state index contributed by atoms with van der Waals surface area (Å²) < 4.78 is 28.7. The molecule has 0 saturated carbocycles. The summed E-state index contributed by atoms with van der Waals surface area (Å²) in [4.78, 5) is 13.1. The number of fused-ring (bicyclic) bond motifs is 3. The fourth-order valence-corrected chi connectivity index (χ4v) is 10.3. The minimum absolute atomic E-state index is 0.365. The second-order valence-corrected chi connectivity index (χ2v) is 13.2. The molecule has 0 amide bonds. The third-order valence-corrected chi connectivity index (χ3v) is 11.9. The van der Waals surface area contributed by atoms with Crippen molar-refractivity contribution in [3.63, 3.8) is 0 Å². The van der Waals surface area contributed by atoms with Gasteiger partial charge in [0.1, 0.15) is 0 Å². The Hall–Kier alpha value is -4.15. The van der Waals surface area contributed by atoms with Crippen molar-refractivity contribution in [2.24, 2.45) is 0 Å². The van der Waals surface area contributed by atoms with Crippen molar-refractivity contribution in [3.05, 3.63) is 109 Å². The van der Waals surface area contributed by atoms with E-state index in [0.29, 0.717) is 27.9 Å². The quantitative estimate of drug-likeness (QED) is 0.331. The number of nitrogens with zero attached hydrogens (tertiary/aromatic N) is 3. The van der Waals surface area contributed by atoms with Gasteiger partial charge in [-0.25, -0.2) is 0 Å². The van der Waals surface area contributed by atoms with Gasteiger partial charge in [-0.1, -0.05) is 0 Å². The van der Waals surface area contributed by atoms with Crippen molar-refractivity contribution in [1.29, 1.82) is 0 Å². The number of hydrogen-bond acceptors (Lipinski definition) is 6. The van der Waals surface area contributed by atoms with Gasteiger partial charge in [-0.3, -0.25) is 0 Å². The average Bonchev–Trinajstić information content (AvgIpc) is 3.14. The van der Waals surface area contributed by atoms with Crippen LogP contribution in [0.2, 0.25) is 0 Å². The Morgan fingerprint density at radius 1 is 0.588 bits per heavy atom. The summed E-state index contributed by atoms with van der Waals surface area (Å²) in [7, 11) is 0. The Kier molecular flexibility index (Phi) is 5.01. The summed E-state index contributed by atoms with van der Waals surface area (Å²) >= 11 is -3.95. The molecular formula is C27H18AsN3O3. The van der Waals surface area contributed by atoms with Crippen molar-refractivity contribution in [1.82, 2.24) is 15.0 Å². The first kappa shape index (κ1) is 20.5. The summed E-state index contributed by atoms with van der Waals surface area (Å²) in [6.45, 7) is 0. The monoisotopic (exact) mass is 507 g/mol. The van der Waals surface area contributed by atoms with E-state index in [1.54, 1.807) is 36.7 Å². The molecule has 3 aromatic heterocycles. The standard InChI is InChI=1S/C27H18AsN3O3/c32-28(24-10-3-5-16-29-24)22-9-2-1-8-20(22)21-15-14-19(18-23(21)28)33-26-12-7-13-27(31-26)34-25-11-4-6-17-30-25/h1-18H. The van der Waals surface area contributed by atoms with Crippen LogP contribution in [0.4, 0.5) is 0 Å². The molecule has 34 heavy (non-hydrogen) atoms. The maximum atomic E-state index is 14.6. The van der Waals surface area contributed by atoms with Gasteiger partial charge in [-0.05, 0) is 0 Å². The van der Waals surface area contributed by atoms with Crippen LogP contribution in [0.15, 0.2) is 109 Å². The normalized spacial score (nSPS) is 15.9. The number of pyridine rings is 3. The summed E-state index contributed by atoms with van der Waals surface area (Å²) in [6, 6.07) is 29.8. The fraction of sp³-hybridized carbons (Fsp3) is 0. The molecule has 5 aromatic rings. The first-order valence-electron chi connectivity index (χ1n) is 10.7. The summed E-state index contributed by atoms with van der Waals surface area (Å²) in [6.07, 6.45) is 3.34. The SMILES string of the molecule is O=[As]1(c2ccccn2)c2ccccc2-c2ccc(Oc3cccc(Oc4ccccn4)n3)cc21. The average molecular weight is 507 g/mol. The van der Waals surface area contributed by atoms with Crippen LogP contribution in [-0.4, -0.2) is 28.4 Å². The van der Waals surface area contributed by atoms with E-state index >= 15 is 0 Å². The van der Waals surface area contributed by atoms with Crippen molar-refractivity contribution >= 4 is 26.7 Å². The van der Waals surface area contributed by atoms with Crippen LogP contribution in [-0.2, 0) is 3.74 Å². The van der Waals surface area contributed by atoms with Gasteiger partial charge < -0.3 is 0 Å². The molecule has 0 fully saturated rings. The predicted octanol–water partition coefficient (Wildman–Crippen LogP) is 3.83. The molecule has 0 aliphatic carbocycles. The van der Waals surface area contributed by atoms with Gasteiger partial charge in [-0.15, -0.1) is 0 Å². The molecule has 6 rings (SSSR count). The van der Waals surface area contributed by atoms with E-state index in [9.17, 15) is 3.74 Å². The molecule has 7 heteroatoms.